The number of anilines is 1. The van der Waals surface area contributed by atoms with Gasteiger partial charge in [-0.05, 0) is 29.8 Å². The molecular weight excluding hydrogens is 316 g/mol. The second kappa shape index (κ2) is 5.09. The van der Waals surface area contributed by atoms with Gasteiger partial charge in [-0.25, -0.2) is 0 Å². The quantitative estimate of drug-likeness (QED) is 0.783. The third-order valence-electron chi connectivity index (χ3n) is 3.18. The molecule has 0 aliphatic rings. The number of hydrogen-bond donors (Lipinski definition) is 1. The number of rotatable bonds is 2. The minimum Gasteiger partial charge on any atom is -0.383 e. The van der Waals surface area contributed by atoms with Crippen molar-refractivity contribution in [2.24, 2.45) is 7.05 Å². The molecule has 2 aromatic heterocycles. The van der Waals surface area contributed by atoms with Gasteiger partial charge in [0.15, 0.2) is 0 Å². The maximum atomic E-state index is 6.18. The van der Waals surface area contributed by atoms with Crippen LogP contribution < -0.4 is 5.73 Å². The van der Waals surface area contributed by atoms with Crippen molar-refractivity contribution >= 4 is 21.7 Å². The predicted octanol–water partition coefficient (Wildman–Crippen LogP) is 3.49. The molecule has 2 N–H and O–H groups in total. The minimum absolute atomic E-state index is 0.652. The SMILES string of the molecule is Cn1nc(-c2ccncc2)c(-c2ccc(Br)cc2)c1N. The molecule has 100 valence electrons. The van der Waals surface area contributed by atoms with Gasteiger partial charge in [-0.1, -0.05) is 28.1 Å². The van der Waals surface area contributed by atoms with E-state index in [1.807, 2.05) is 43.4 Å². The highest BCUT2D eigenvalue weighted by molar-refractivity contribution is 9.10. The Hall–Kier alpha value is -2.14. The molecule has 0 unspecified atom stereocenters. The number of aromatic nitrogens is 3. The lowest BCUT2D eigenvalue weighted by atomic mass is 10.0. The Balaban J connectivity index is 2.22. The molecule has 2 heterocycles. The molecule has 0 radical (unpaired) electrons. The first-order valence-electron chi connectivity index (χ1n) is 6.15. The maximum absolute atomic E-state index is 6.18. The molecule has 0 aliphatic carbocycles. The summed E-state index contributed by atoms with van der Waals surface area (Å²) < 4.78 is 2.74. The Labute approximate surface area is 125 Å². The Bertz CT molecular complexity index is 733. The first kappa shape index (κ1) is 12.9. The molecule has 0 bridgehead atoms. The van der Waals surface area contributed by atoms with Crippen LogP contribution in [0.15, 0.2) is 53.3 Å². The number of nitrogen functional groups attached to an aromatic ring is 1. The number of aryl methyl sites for hydroxylation is 1. The van der Waals surface area contributed by atoms with Gasteiger partial charge in [0.1, 0.15) is 11.5 Å². The lowest BCUT2D eigenvalue weighted by molar-refractivity contribution is 0.782. The van der Waals surface area contributed by atoms with Gasteiger partial charge in [-0.15, -0.1) is 0 Å². The van der Waals surface area contributed by atoms with Crippen molar-refractivity contribution < 1.29 is 0 Å². The number of benzene rings is 1. The minimum atomic E-state index is 0.652. The normalized spacial score (nSPS) is 10.7. The molecule has 0 spiro atoms. The monoisotopic (exact) mass is 328 g/mol. The van der Waals surface area contributed by atoms with E-state index >= 15 is 0 Å². The average molecular weight is 329 g/mol. The van der Waals surface area contributed by atoms with Crippen LogP contribution in [0.4, 0.5) is 5.82 Å². The highest BCUT2D eigenvalue weighted by Crippen LogP contribution is 2.35. The van der Waals surface area contributed by atoms with Gasteiger partial charge in [-0.3, -0.25) is 9.67 Å². The van der Waals surface area contributed by atoms with Crippen LogP contribution in [0.1, 0.15) is 0 Å². The zero-order valence-corrected chi connectivity index (χ0v) is 12.5. The topological polar surface area (TPSA) is 56.7 Å². The number of pyridine rings is 1. The van der Waals surface area contributed by atoms with Crippen molar-refractivity contribution in [3.05, 3.63) is 53.3 Å². The number of nitrogens with two attached hydrogens (primary N) is 1. The summed E-state index contributed by atoms with van der Waals surface area (Å²) >= 11 is 3.44. The summed E-state index contributed by atoms with van der Waals surface area (Å²) in [6.45, 7) is 0. The van der Waals surface area contributed by atoms with Crippen molar-refractivity contribution in [1.29, 1.82) is 0 Å². The molecule has 3 rings (SSSR count). The van der Waals surface area contributed by atoms with E-state index in [9.17, 15) is 0 Å². The first-order valence-corrected chi connectivity index (χ1v) is 6.95. The van der Waals surface area contributed by atoms with Crippen LogP contribution in [0, 0.1) is 0 Å². The van der Waals surface area contributed by atoms with Crippen LogP contribution in [0.3, 0.4) is 0 Å². The highest BCUT2D eigenvalue weighted by Gasteiger charge is 2.17. The number of hydrogen-bond acceptors (Lipinski definition) is 3. The van der Waals surface area contributed by atoms with E-state index in [4.69, 9.17) is 5.73 Å². The Morgan fingerprint density at radius 2 is 1.65 bits per heavy atom. The van der Waals surface area contributed by atoms with Gasteiger partial charge in [0.25, 0.3) is 0 Å². The standard InChI is InChI=1S/C15H13BrN4/c1-20-15(17)13(10-2-4-12(16)5-3-10)14(19-20)11-6-8-18-9-7-11/h2-9H,17H2,1H3. The van der Waals surface area contributed by atoms with E-state index in [1.165, 1.54) is 0 Å². The molecule has 3 aromatic rings. The summed E-state index contributed by atoms with van der Waals surface area (Å²) in [5, 5.41) is 4.53. The zero-order valence-electron chi connectivity index (χ0n) is 10.9. The molecule has 1 aromatic carbocycles. The fraction of sp³-hybridized carbons (Fsp3) is 0.0667. The first-order chi connectivity index (χ1) is 9.66. The van der Waals surface area contributed by atoms with Gasteiger partial charge in [0.05, 0.1) is 5.56 Å². The number of nitrogens with zero attached hydrogens (tertiary/aromatic N) is 3. The van der Waals surface area contributed by atoms with Gasteiger partial charge in [-0.2, -0.15) is 5.10 Å². The largest absolute Gasteiger partial charge is 0.383 e. The van der Waals surface area contributed by atoms with E-state index in [1.54, 1.807) is 17.1 Å². The molecule has 0 aliphatic heterocycles. The van der Waals surface area contributed by atoms with Crippen molar-refractivity contribution in [2.75, 3.05) is 5.73 Å². The molecule has 20 heavy (non-hydrogen) atoms. The molecule has 4 nitrogen and oxygen atoms in total. The number of halogens is 1. The molecule has 0 fully saturated rings. The average Bonchev–Trinajstić information content (AvgIpc) is 2.77. The van der Waals surface area contributed by atoms with E-state index in [-0.39, 0.29) is 0 Å². The van der Waals surface area contributed by atoms with Crippen LogP contribution in [0.2, 0.25) is 0 Å². The molecule has 0 atom stereocenters. The fourth-order valence-electron chi connectivity index (χ4n) is 2.15. The van der Waals surface area contributed by atoms with Crippen LogP contribution >= 0.6 is 15.9 Å². The van der Waals surface area contributed by atoms with Gasteiger partial charge >= 0.3 is 0 Å². The highest BCUT2D eigenvalue weighted by atomic mass is 79.9. The second-order valence-electron chi connectivity index (χ2n) is 4.48. The van der Waals surface area contributed by atoms with Crippen LogP contribution in [0.25, 0.3) is 22.4 Å². The van der Waals surface area contributed by atoms with Crippen molar-refractivity contribution in [3.8, 4) is 22.4 Å². The Morgan fingerprint density at radius 1 is 1.00 bits per heavy atom. The Morgan fingerprint density at radius 3 is 2.30 bits per heavy atom. The summed E-state index contributed by atoms with van der Waals surface area (Å²) in [7, 11) is 1.85. The third-order valence-corrected chi connectivity index (χ3v) is 3.71. The van der Waals surface area contributed by atoms with E-state index in [0.717, 1.165) is 26.9 Å². The molecule has 0 saturated heterocycles. The fourth-order valence-corrected chi connectivity index (χ4v) is 2.41. The summed E-state index contributed by atoms with van der Waals surface area (Å²) in [4.78, 5) is 4.04. The van der Waals surface area contributed by atoms with E-state index in [2.05, 4.69) is 26.0 Å². The maximum Gasteiger partial charge on any atom is 0.129 e. The Kier molecular flexibility index (Phi) is 3.28. The molecule has 0 saturated carbocycles. The summed E-state index contributed by atoms with van der Waals surface area (Å²) in [5.74, 6) is 0.652. The molecule has 0 amide bonds. The van der Waals surface area contributed by atoms with Crippen LogP contribution in [0.5, 0.6) is 0 Å². The second-order valence-corrected chi connectivity index (χ2v) is 5.39. The van der Waals surface area contributed by atoms with Crippen molar-refractivity contribution in [2.45, 2.75) is 0 Å². The van der Waals surface area contributed by atoms with Gasteiger partial charge in [0.2, 0.25) is 0 Å². The molecular formula is C15H13BrN4. The van der Waals surface area contributed by atoms with Crippen LogP contribution in [-0.4, -0.2) is 14.8 Å². The smallest absolute Gasteiger partial charge is 0.129 e. The summed E-state index contributed by atoms with van der Waals surface area (Å²) in [5.41, 5.74) is 10.1. The predicted molar refractivity (Wildman–Crippen MR) is 84.0 cm³/mol. The van der Waals surface area contributed by atoms with Crippen molar-refractivity contribution in [3.63, 3.8) is 0 Å². The molecule has 5 heteroatoms. The van der Waals surface area contributed by atoms with E-state index in [0.29, 0.717) is 5.82 Å². The van der Waals surface area contributed by atoms with Gasteiger partial charge in [0, 0.05) is 29.5 Å². The van der Waals surface area contributed by atoms with Crippen molar-refractivity contribution in [1.82, 2.24) is 14.8 Å². The van der Waals surface area contributed by atoms with Crippen LogP contribution in [-0.2, 0) is 7.05 Å². The third kappa shape index (κ3) is 2.20. The summed E-state index contributed by atoms with van der Waals surface area (Å²) in [6.07, 6.45) is 3.51. The zero-order chi connectivity index (χ0) is 14.1. The van der Waals surface area contributed by atoms with Gasteiger partial charge < -0.3 is 5.73 Å². The summed E-state index contributed by atoms with van der Waals surface area (Å²) in [6, 6.07) is 11.9. The lowest BCUT2D eigenvalue weighted by Gasteiger charge is -2.04. The van der Waals surface area contributed by atoms with E-state index < -0.39 is 0 Å². The lowest BCUT2D eigenvalue weighted by Crippen LogP contribution is -1.97.